The van der Waals surface area contributed by atoms with Crippen LogP contribution in [0.3, 0.4) is 0 Å². The van der Waals surface area contributed by atoms with E-state index in [0.29, 0.717) is 21.5 Å². The zero-order valence-electron chi connectivity index (χ0n) is 17.2. The molecule has 164 valence electrons. The molecule has 0 saturated carbocycles. The summed E-state index contributed by atoms with van der Waals surface area (Å²) in [5, 5.41) is 17.3. The van der Waals surface area contributed by atoms with Crippen LogP contribution in [0.25, 0.3) is 6.08 Å². The molecular weight excluding hydrogens is 452 g/mol. The van der Waals surface area contributed by atoms with Crippen LogP contribution < -0.4 is 9.47 Å². The van der Waals surface area contributed by atoms with Gasteiger partial charge in [0.05, 0.1) is 24.2 Å². The molecule has 0 spiro atoms. The Balaban J connectivity index is 1.66. The standard InChI is InChI=1S/C21H18N4O5S2/c1-3-29-16(26)11-30-17-12(6-4-7-14(17)28-2)10-13-18(22)25-21(23-19(13)27)32-20(24-25)15-8-5-9-31-15/h4-10,22H,3,11H2,1-2H3. The lowest BCUT2D eigenvalue weighted by Crippen LogP contribution is -2.35. The lowest BCUT2D eigenvalue weighted by Gasteiger charge is -2.20. The maximum Gasteiger partial charge on any atom is 0.344 e. The molecule has 0 saturated heterocycles. The second-order valence-corrected chi connectivity index (χ2v) is 8.28. The third kappa shape index (κ3) is 4.30. The summed E-state index contributed by atoms with van der Waals surface area (Å²) < 4.78 is 15.9. The molecule has 2 aliphatic rings. The molecule has 0 aliphatic carbocycles. The van der Waals surface area contributed by atoms with Gasteiger partial charge < -0.3 is 14.2 Å². The number of thiophene rings is 1. The Morgan fingerprint density at radius 1 is 1.28 bits per heavy atom. The molecule has 4 rings (SSSR count). The lowest BCUT2D eigenvalue weighted by molar-refractivity contribution is -0.145. The minimum atomic E-state index is -0.560. The van der Waals surface area contributed by atoms with E-state index < -0.39 is 11.9 Å². The zero-order chi connectivity index (χ0) is 22.7. The first-order valence-electron chi connectivity index (χ1n) is 9.51. The highest BCUT2D eigenvalue weighted by molar-refractivity contribution is 8.27. The van der Waals surface area contributed by atoms with E-state index in [1.807, 2.05) is 17.5 Å². The van der Waals surface area contributed by atoms with Crippen LogP contribution in [0.2, 0.25) is 0 Å². The predicted octanol–water partition coefficient (Wildman–Crippen LogP) is 3.37. The number of ether oxygens (including phenoxy) is 3. The summed E-state index contributed by atoms with van der Waals surface area (Å²) in [4.78, 5) is 29.5. The Kier molecular flexibility index (Phi) is 6.37. The smallest absolute Gasteiger partial charge is 0.344 e. The quantitative estimate of drug-likeness (QED) is 0.487. The molecule has 0 radical (unpaired) electrons. The molecule has 9 nitrogen and oxygen atoms in total. The second kappa shape index (κ2) is 9.37. The summed E-state index contributed by atoms with van der Waals surface area (Å²) in [5.74, 6) is -0.562. The molecule has 1 aromatic carbocycles. The first-order valence-corrected chi connectivity index (χ1v) is 11.2. The average molecular weight is 471 g/mol. The van der Waals surface area contributed by atoms with Crippen molar-refractivity contribution < 1.29 is 23.8 Å². The first-order chi connectivity index (χ1) is 15.5. The minimum absolute atomic E-state index is 0.0415. The number of fused-ring (bicyclic) bond motifs is 1. The topological polar surface area (TPSA) is 114 Å². The minimum Gasteiger partial charge on any atom is -0.493 e. The number of esters is 1. The fraction of sp³-hybridized carbons (Fsp3) is 0.190. The van der Waals surface area contributed by atoms with Gasteiger partial charge in [-0.2, -0.15) is 15.1 Å². The number of aliphatic imine (C=N–C) groups is 1. The lowest BCUT2D eigenvalue weighted by atomic mass is 10.1. The normalized spacial score (nSPS) is 16.6. The third-order valence-electron chi connectivity index (χ3n) is 4.36. The van der Waals surface area contributed by atoms with Crippen molar-refractivity contribution in [3.63, 3.8) is 0 Å². The number of carbonyl (C=O) groups is 2. The highest BCUT2D eigenvalue weighted by Crippen LogP contribution is 2.35. The van der Waals surface area contributed by atoms with E-state index in [1.54, 1.807) is 25.1 Å². The molecule has 32 heavy (non-hydrogen) atoms. The van der Waals surface area contributed by atoms with E-state index >= 15 is 0 Å². The Hall–Kier alpha value is -3.44. The van der Waals surface area contributed by atoms with Gasteiger partial charge in [-0.1, -0.05) is 18.2 Å². The van der Waals surface area contributed by atoms with Crippen LogP contribution >= 0.6 is 23.1 Å². The van der Waals surface area contributed by atoms with Crippen LogP contribution in [-0.2, 0) is 14.3 Å². The molecule has 0 fully saturated rings. The zero-order valence-corrected chi connectivity index (χ0v) is 18.8. The van der Waals surface area contributed by atoms with Crippen molar-refractivity contribution in [1.29, 1.82) is 5.41 Å². The Morgan fingerprint density at radius 2 is 2.12 bits per heavy atom. The molecule has 1 amide bonds. The van der Waals surface area contributed by atoms with Crippen molar-refractivity contribution in [1.82, 2.24) is 5.01 Å². The Morgan fingerprint density at radius 3 is 2.84 bits per heavy atom. The summed E-state index contributed by atoms with van der Waals surface area (Å²) in [6.07, 6.45) is 1.48. The molecule has 2 aliphatic heterocycles. The molecule has 0 atom stereocenters. The van der Waals surface area contributed by atoms with E-state index in [4.69, 9.17) is 19.6 Å². The number of nitrogens with zero attached hydrogens (tertiary/aromatic N) is 3. The van der Waals surface area contributed by atoms with Crippen molar-refractivity contribution in [2.45, 2.75) is 6.92 Å². The van der Waals surface area contributed by atoms with Gasteiger partial charge in [0.2, 0.25) is 5.17 Å². The molecular formula is C21H18N4O5S2. The van der Waals surface area contributed by atoms with Crippen LogP contribution in [0.15, 0.2) is 51.4 Å². The highest BCUT2D eigenvalue weighted by Gasteiger charge is 2.36. The SMILES string of the molecule is CCOC(=O)COc1c(C=C2C(=N)N3N=C(c4cccs4)SC3=NC2=O)cccc1OC. The maximum absolute atomic E-state index is 12.7. The van der Waals surface area contributed by atoms with Gasteiger partial charge in [0, 0.05) is 5.56 Å². The van der Waals surface area contributed by atoms with Gasteiger partial charge in [-0.25, -0.2) is 4.79 Å². The monoisotopic (exact) mass is 470 g/mol. The molecule has 0 bridgehead atoms. The molecule has 1 N–H and O–H groups in total. The van der Waals surface area contributed by atoms with Gasteiger partial charge in [0.1, 0.15) is 5.04 Å². The van der Waals surface area contributed by atoms with Gasteiger partial charge in [0.15, 0.2) is 23.9 Å². The molecule has 11 heteroatoms. The van der Waals surface area contributed by atoms with E-state index in [0.717, 1.165) is 4.88 Å². The fourth-order valence-electron chi connectivity index (χ4n) is 2.94. The van der Waals surface area contributed by atoms with Crippen molar-refractivity contribution in [2.24, 2.45) is 10.1 Å². The second-order valence-electron chi connectivity index (χ2n) is 6.37. The molecule has 3 heterocycles. The number of methoxy groups -OCH3 is 1. The third-order valence-corrected chi connectivity index (χ3v) is 6.30. The summed E-state index contributed by atoms with van der Waals surface area (Å²) in [5.41, 5.74) is 0.495. The van der Waals surface area contributed by atoms with Gasteiger partial charge >= 0.3 is 5.97 Å². The Labute approximate surface area is 191 Å². The van der Waals surface area contributed by atoms with E-state index in [1.165, 1.54) is 41.3 Å². The fourth-order valence-corrected chi connectivity index (χ4v) is 4.63. The number of amidine groups is 2. The van der Waals surface area contributed by atoms with Gasteiger partial charge in [0.25, 0.3) is 5.91 Å². The van der Waals surface area contributed by atoms with Crippen molar-refractivity contribution in [3.05, 3.63) is 51.7 Å². The summed E-state index contributed by atoms with van der Waals surface area (Å²) >= 11 is 2.76. The van der Waals surface area contributed by atoms with Crippen LogP contribution in [0.1, 0.15) is 17.4 Å². The number of hydrogen-bond donors (Lipinski definition) is 1. The number of benzene rings is 1. The summed E-state index contributed by atoms with van der Waals surface area (Å²) in [7, 11) is 1.47. The van der Waals surface area contributed by atoms with E-state index in [2.05, 4.69) is 10.1 Å². The highest BCUT2D eigenvalue weighted by atomic mass is 32.2. The maximum atomic E-state index is 12.7. The van der Waals surface area contributed by atoms with Crippen molar-refractivity contribution >= 4 is 57.1 Å². The molecule has 2 aromatic rings. The number of thioether (sulfide) groups is 1. The largest absolute Gasteiger partial charge is 0.493 e. The predicted molar refractivity (Wildman–Crippen MR) is 124 cm³/mol. The van der Waals surface area contributed by atoms with E-state index in [-0.39, 0.29) is 30.4 Å². The number of rotatable bonds is 7. The van der Waals surface area contributed by atoms with Crippen LogP contribution in [0, 0.1) is 5.41 Å². The summed E-state index contributed by atoms with van der Waals surface area (Å²) in [6, 6.07) is 8.90. The van der Waals surface area contributed by atoms with Crippen LogP contribution in [0.5, 0.6) is 11.5 Å². The van der Waals surface area contributed by atoms with Crippen molar-refractivity contribution in [2.75, 3.05) is 20.3 Å². The van der Waals surface area contributed by atoms with E-state index in [9.17, 15) is 9.59 Å². The Bertz CT molecular complexity index is 1170. The first kappa shape index (κ1) is 21.8. The number of amides is 1. The summed E-state index contributed by atoms with van der Waals surface area (Å²) in [6.45, 7) is 1.61. The molecule has 0 unspecified atom stereocenters. The van der Waals surface area contributed by atoms with Gasteiger partial charge in [-0.3, -0.25) is 10.2 Å². The van der Waals surface area contributed by atoms with Gasteiger partial charge in [-0.15, -0.1) is 11.3 Å². The number of para-hydroxylation sites is 1. The van der Waals surface area contributed by atoms with Crippen LogP contribution in [0.4, 0.5) is 0 Å². The van der Waals surface area contributed by atoms with Crippen molar-refractivity contribution in [3.8, 4) is 11.5 Å². The average Bonchev–Trinajstić information content (AvgIpc) is 3.45. The van der Waals surface area contributed by atoms with Crippen LogP contribution in [-0.4, -0.2) is 53.3 Å². The number of hydrazone groups is 1. The molecule has 1 aromatic heterocycles. The number of carbonyl (C=O) groups excluding carboxylic acids is 2. The van der Waals surface area contributed by atoms with Gasteiger partial charge in [-0.05, 0) is 42.3 Å². The number of nitrogens with one attached hydrogen (secondary N) is 1. The number of hydrogen-bond acceptors (Lipinski definition) is 9.